The number of sulfonamides is 1. The van der Waals surface area contributed by atoms with E-state index in [1.807, 2.05) is 18.2 Å². The topological polar surface area (TPSA) is 105 Å². The highest BCUT2D eigenvalue weighted by Crippen LogP contribution is 2.41. The number of nitrogens with zero attached hydrogens (tertiary/aromatic N) is 5. The lowest BCUT2D eigenvalue weighted by molar-refractivity contribution is -0.144. The van der Waals surface area contributed by atoms with Crippen molar-refractivity contribution < 1.29 is 26.0 Å². The second kappa shape index (κ2) is 10.9. The number of piperazine rings is 1. The van der Waals surface area contributed by atoms with Gasteiger partial charge >= 0.3 is 6.18 Å². The molecule has 5 rings (SSSR count). The van der Waals surface area contributed by atoms with E-state index in [1.54, 1.807) is 17.2 Å². The summed E-state index contributed by atoms with van der Waals surface area (Å²) in [5.74, 6) is -1.94. The Morgan fingerprint density at radius 3 is 2.23 bits per heavy atom. The SMILES string of the molecule is NS(=O)(=O)c1cccc(-c2c(-c3ccc(F)cc3)nc(C(F)(F)F)nc2N2CCN(Cc3ccccn3)CC2)c1. The van der Waals surface area contributed by atoms with Gasteiger partial charge in [0.2, 0.25) is 15.8 Å². The van der Waals surface area contributed by atoms with E-state index in [0.717, 1.165) is 17.8 Å². The highest BCUT2D eigenvalue weighted by Gasteiger charge is 2.38. The van der Waals surface area contributed by atoms with E-state index in [2.05, 4.69) is 19.9 Å². The summed E-state index contributed by atoms with van der Waals surface area (Å²) >= 11 is 0. The first kappa shape index (κ1) is 27.6. The first-order valence-electron chi connectivity index (χ1n) is 12.2. The molecule has 0 amide bonds. The maximum absolute atomic E-state index is 14.0. The molecule has 2 aromatic heterocycles. The van der Waals surface area contributed by atoms with Crippen molar-refractivity contribution >= 4 is 15.8 Å². The Kier molecular flexibility index (Phi) is 7.53. The van der Waals surface area contributed by atoms with Gasteiger partial charge in [-0.1, -0.05) is 18.2 Å². The number of pyridine rings is 1. The lowest BCUT2D eigenvalue weighted by atomic mass is 9.98. The molecule has 8 nitrogen and oxygen atoms in total. The fourth-order valence-electron chi connectivity index (χ4n) is 4.55. The molecule has 1 aliphatic heterocycles. The van der Waals surface area contributed by atoms with Crippen LogP contribution >= 0.6 is 0 Å². The van der Waals surface area contributed by atoms with Gasteiger partial charge in [-0.05, 0) is 54.1 Å². The number of rotatable bonds is 6. The van der Waals surface area contributed by atoms with Crippen molar-refractivity contribution in [3.63, 3.8) is 0 Å². The molecule has 40 heavy (non-hydrogen) atoms. The van der Waals surface area contributed by atoms with Crippen molar-refractivity contribution in [2.75, 3.05) is 31.1 Å². The molecular formula is C27H24F4N6O2S. The Morgan fingerprint density at radius 1 is 0.875 bits per heavy atom. The summed E-state index contributed by atoms with van der Waals surface area (Å²) < 4.78 is 80.1. The lowest BCUT2D eigenvalue weighted by Gasteiger charge is -2.36. The van der Waals surface area contributed by atoms with Crippen molar-refractivity contribution in [1.82, 2.24) is 19.9 Å². The number of nitrogens with two attached hydrogens (primary N) is 1. The van der Waals surface area contributed by atoms with Crippen LogP contribution in [0.15, 0.2) is 77.8 Å². The van der Waals surface area contributed by atoms with Gasteiger partial charge in [-0.15, -0.1) is 0 Å². The van der Waals surface area contributed by atoms with Crippen LogP contribution in [0.2, 0.25) is 0 Å². The summed E-state index contributed by atoms with van der Waals surface area (Å²) in [5.41, 5.74) is 1.41. The first-order valence-corrected chi connectivity index (χ1v) is 13.8. The molecular weight excluding hydrogens is 548 g/mol. The number of halogens is 4. The normalized spacial score (nSPS) is 14.9. The predicted molar refractivity (Wildman–Crippen MR) is 141 cm³/mol. The summed E-state index contributed by atoms with van der Waals surface area (Å²) in [6, 6.07) is 16.0. The average molecular weight is 573 g/mol. The highest BCUT2D eigenvalue weighted by molar-refractivity contribution is 7.89. The maximum atomic E-state index is 14.0. The van der Waals surface area contributed by atoms with E-state index >= 15 is 0 Å². The second-order valence-electron chi connectivity index (χ2n) is 9.26. The average Bonchev–Trinajstić information content (AvgIpc) is 2.93. The fourth-order valence-corrected chi connectivity index (χ4v) is 5.11. The van der Waals surface area contributed by atoms with Gasteiger partial charge in [0.25, 0.3) is 0 Å². The Labute approximate surface area is 228 Å². The molecule has 208 valence electrons. The van der Waals surface area contributed by atoms with E-state index in [0.29, 0.717) is 32.7 Å². The Bertz CT molecular complexity index is 1610. The number of hydrogen-bond donors (Lipinski definition) is 1. The molecule has 0 saturated carbocycles. The van der Waals surface area contributed by atoms with Crippen LogP contribution in [-0.4, -0.2) is 54.4 Å². The highest BCUT2D eigenvalue weighted by atomic mass is 32.2. The van der Waals surface area contributed by atoms with Gasteiger partial charge in [0.1, 0.15) is 11.6 Å². The Morgan fingerprint density at radius 2 is 1.60 bits per heavy atom. The monoisotopic (exact) mass is 572 g/mol. The van der Waals surface area contributed by atoms with Crippen LogP contribution < -0.4 is 10.0 Å². The minimum absolute atomic E-state index is 0.00861. The van der Waals surface area contributed by atoms with Crippen LogP contribution in [0.3, 0.4) is 0 Å². The third-order valence-corrected chi connectivity index (χ3v) is 7.41. The quantitative estimate of drug-likeness (QED) is 0.343. The number of hydrogen-bond acceptors (Lipinski definition) is 7. The fraction of sp³-hybridized carbons (Fsp3) is 0.222. The van der Waals surface area contributed by atoms with Gasteiger partial charge in [0.05, 0.1) is 21.8 Å². The summed E-state index contributed by atoms with van der Waals surface area (Å²) in [4.78, 5) is 15.8. The minimum Gasteiger partial charge on any atom is -0.353 e. The number of alkyl halides is 3. The first-order chi connectivity index (χ1) is 19.0. The molecule has 1 saturated heterocycles. The summed E-state index contributed by atoms with van der Waals surface area (Å²) in [6.45, 7) is 2.29. The van der Waals surface area contributed by atoms with Crippen molar-refractivity contribution in [3.05, 3.63) is 90.3 Å². The summed E-state index contributed by atoms with van der Waals surface area (Å²) in [7, 11) is -4.12. The molecule has 0 radical (unpaired) electrons. The van der Waals surface area contributed by atoms with E-state index in [4.69, 9.17) is 5.14 Å². The molecule has 0 unspecified atom stereocenters. The molecule has 3 heterocycles. The van der Waals surface area contributed by atoms with E-state index in [-0.39, 0.29) is 33.1 Å². The molecule has 2 N–H and O–H groups in total. The van der Waals surface area contributed by atoms with Gasteiger partial charge in [-0.2, -0.15) is 13.2 Å². The van der Waals surface area contributed by atoms with Crippen molar-refractivity contribution in [2.24, 2.45) is 5.14 Å². The van der Waals surface area contributed by atoms with Crippen LogP contribution in [-0.2, 0) is 22.7 Å². The van der Waals surface area contributed by atoms with E-state index in [1.165, 1.54) is 30.3 Å². The molecule has 1 aliphatic rings. The van der Waals surface area contributed by atoms with Crippen molar-refractivity contribution in [3.8, 4) is 22.4 Å². The van der Waals surface area contributed by atoms with Crippen molar-refractivity contribution in [2.45, 2.75) is 17.6 Å². The van der Waals surface area contributed by atoms with Gasteiger partial charge in [0, 0.05) is 44.5 Å². The minimum atomic E-state index is -4.87. The molecule has 0 aliphatic carbocycles. The maximum Gasteiger partial charge on any atom is 0.451 e. The third kappa shape index (κ3) is 6.11. The molecule has 0 spiro atoms. The third-order valence-electron chi connectivity index (χ3n) is 6.50. The standard InChI is InChI=1S/C27H24F4N6O2S/c28-20-9-7-18(8-10-20)24-23(19-4-3-6-22(16-19)40(32,38)39)25(35-26(34-24)27(29,30)31)37-14-12-36(13-15-37)17-21-5-1-2-11-33-21/h1-11,16H,12-15,17H2,(H2,32,38,39). The van der Waals surface area contributed by atoms with Crippen LogP contribution in [0.25, 0.3) is 22.4 Å². The number of benzene rings is 2. The molecule has 0 bridgehead atoms. The smallest absolute Gasteiger partial charge is 0.353 e. The number of anilines is 1. The van der Waals surface area contributed by atoms with Crippen LogP contribution in [0.4, 0.5) is 23.4 Å². The van der Waals surface area contributed by atoms with Gasteiger partial charge in [-0.25, -0.2) is 27.9 Å². The number of aromatic nitrogens is 3. The molecule has 2 aromatic carbocycles. The molecule has 1 fully saturated rings. The summed E-state index contributed by atoms with van der Waals surface area (Å²) in [6.07, 6.45) is -3.17. The molecule has 13 heteroatoms. The largest absolute Gasteiger partial charge is 0.451 e. The molecule has 4 aromatic rings. The zero-order chi connectivity index (χ0) is 28.5. The Hall–Kier alpha value is -3.94. The Balaban J connectivity index is 1.63. The zero-order valence-corrected chi connectivity index (χ0v) is 21.8. The van der Waals surface area contributed by atoms with E-state index in [9.17, 15) is 26.0 Å². The van der Waals surface area contributed by atoms with Gasteiger partial charge < -0.3 is 4.90 Å². The van der Waals surface area contributed by atoms with E-state index < -0.39 is 27.8 Å². The van der Waals surface area contributed by atoms with Crippen molar-refractivity contribution in [1.29, 1.82) is 0 Å². The van der Waals surface area contributed by atoms with Crippen LogP contribution in [0.1, 0.15) is 11.5 Å². The lowest BCUT2D eigenvalue weighted by Crippen LogP contribution is -2.46. The number of primary sulfonamides is 1. The second-order valence-corrected chi connectivity index (χ2v) is 10.8. The van der Waals surface area contributed by atoms with Gasteiger partial charge in [-0.3, -0.25) is 9.88 Å². The zero-order valence-electron chi connectivity index (χ0n) is 21.0. The van der Waals surface area contributed by atoms with Gasteiger partial charge in [0.15, 0.2) is 0 Å². The predicted octanol–water partition coefficient (Wildman–Crippen LogP) is 4.33. The summed E-state index contributed by atoms with van der Waals surface area (Å²) in [5, 5.41) is 5.34. The van der Waals surface area contributed by atoms with Crippen LogP contribution in [0.5, 0.6) is 0 Å². The molecule has 0 atom stereocenters. The van der Waals surface area contributed by atoms with Crippen LogP contribution in [0, 0.1) is 5.82 Å².